The molecule has 5 nitrogen and oxygen atoms in total. The van der Waals surface area contributed by atoms with E-state index in [2.05, 4.69) is 15.9 Å². The number of hydrogen-bond donors (Lipinski definition) is 2. The lowest BCUT2D eigenvalue weighted by Gasteiger charge is -2.25. The Bertz CT molecular complexity index is 504. The Hall–Kier alpha value is -1.27. The first-order valence-electron chi connectivity index (χ1n) is 6.12. The maximum absolute atomic E-state index is 10.8. The van der Waals surface area contributed by atoms with Crippen molar-refractivity contribution in [2.24, 2.45) is 5.73 Å². The largest absolute Gasteiger partial charge is 0.486 e. The number of benzene rings is 1. The summed E-state index contributed by atoms with van der Waals surface area (Å²) in [7, 11) is 0. The number of carboxylic acids is 1. The van der Waals surface area contributed by atoms with Crippen molar-refractivity contribution >= 4 is 21.9 Å². The second-order valence-corrected chi connectivity index (χ2v) is 5.19. The SMILES string of the molecule is CCc1c(C(N)CC(=O)O)cc(Br)c2c1OCCO2. The lowest BCUT2D eigenvalue weighted by Crippen LogP contribution is -2.21. The molecule has 0 spiro atoms. The fraction of sp³-hybridized carbons (Fsp3) is 0.462. The lowest BCUT2D eigenvalue weighted by atomic mass is 9.95. The van der Waals surface area contributed by atoms with Gasteiger partial charge in [0.15, 0.2) is 11.5 Å². The van der Waals surface area contributed by atoms with Gasteiger partial charge in [-0.05, 0) is 34.0 Å². The van der Waals surface area contributed by atoms with Crippen molar-refractivity contribution in [3.63, 3.8) is 0 Å². The summed E-state index contributed by atoms with van der Waals surface area (Å²) in [4.78, 5) is 10.8. The molecule has 1 aromatic carbocycles. The molecular weight excluding hydrogens is 314 g/mol. The molecule has 0 aromatic heterocycles. The molecule has 0 aliphatic carbocycles. The van der Waals surface area contributed by atoms with Gasteiger partial charge in [-0.3, -0.25) is 4.79 Å². The van der Waals surface area contributed by atoms with Gasteiger partial charge in [-0.2, -0.15) is 0 Å². The molecular formula is C13H16BrNO4. The van der Waals surface area contributed by atoms with Gasteiger partial charge in [-0.1, -0.05) is 6.92 Å². The van der Waals surface area contributed by atoms with E-state index in [9.17, 15) is 4.79 Å². The zero-order valence-electron chi connectivity index (χ0n) is 10.6. The van der Waals surface area contributed by atoms with Crippen molar-refractivity contribution in [2.75, 3.05) is 13.2 Å². The predicted molar refractivity (Wildman–Crippen MR) is 73.7 cm³/mol. The van der Waals surface area contributed by atoms with Crippen molar-refractivity contribution in [3.05, 3.63) is 21.7 Å². The second kappa shape index (κ2) is 5.79. The molecule has 19 heavy (non-hydrogen) atoms. The molecule has 1 aromatic rings. The molecule has 0 radical (unpaired) electrons. The van der Waals surface area contributed by atoms with E-state index < -0.39 is 12.0 Å². The normalized spacial score (nSPS) is 15.1. The van der Waals surface area contributed by atoms with Crippen LogP contribution in [0.5, 0.6) is 11.5 Å². The summed E-state index contributed by atoms with van der Waals surface area (Å²) in [6.07, 6.45) is 0.598. The molecule has 1 aliphatic heterocycles. The van der Waals surface area contributed by atoms with Crippen LogP contribution in [0.15, 0.2) is 10.5 Å². The van der Waals surface area contributed by atoms with Gasteiger partial charge in [-0.25, -0.2) is 0 Å². The summed E-state index contributed by atoms with van der Waals surface area (Å²) in [6.45, 7) is 2.98. The Morgan fingerprint density at radius 1 is 1.47 bits per heavy atom. The average Bonchev–Trinajstić information content (AvgIpc) is 2.38. The monoisotopic (exact) mass is 329 g/mol. The summed E-state index contributed by atoms with van der Waals surface area (Å²) in [5.41, 5.74) is 7.69. The first-order chi connectivity index (χ1) is 9.04. The van der Waals surface area contributed by atoms with E-state index in [0.717, 1.165) is 15.6 Å². The Kier molecular flexibility index (Phi) is 4.31. The van der Waals surface area contributed by atoms with E-state index in [1.165, 1.54) is 0 Å². The van der Waals surface area contributed by atoms with Crippen LogP contribution in [0.25, 0.3) is 0 Å². The third kappa shape index (κ3) is 2.84. The summed E-state index contributed by atoms with van der Waals surface area (Å²) in [5, 5.41) is 8.87. The summed E-state index contributed by atoms with van der Waals surface area (Å²) < 4.78 is 12.0. The van der Waals surface area contributed by atoms with Crippen LogP contribution in [-0.4, -0.2) is 24.3 Å². The van der Waals surface area contributed by atoms with Crippen molar-refractivity contribution in [2.45, 2.75) is 25.8 Å². The van der Waals surface area contributed by atoms with Gasteiger partial charge in [0, 0.05) is 11.6 Å². The van der Waals surface area contributed by atoms with Crippen LogP contribution in [0.2, 0.25) is 0 Å². The molecule has 104 valence electrons. The van der Waals surface area contributed by atoms with Gasteiger partial charge in [0.05, 0.1) is 10.9 Å². The highest BCUT2D eigenvalue weighted by Gasteiger charge is 2.25. The van der Waals surface area contributed by atoms with E-state index >= 15 is 0 Å². The van der Waals surface area contributed by atoms with E-state index in [0.29, 0.717) is 31.1 Å². The highest BCUT2D eigenvalue weighted by atomic mass is 79.9. The van der Waals surface area contributed by atoms with Gasteiger partial charge < -0.3 is 20.3 Å². The predicted octanol–water partition coefficient (Wildman–Crippen LogP) is 2.26. The van der Waals surface area contributed by atoms with Crippen molar-refractivity contribution in [1.29, 1.82) is 0 Å². The fourth-order valence-corrected chi connectivity index (χ4v) is 2.78. The Balaban J connectivity index is 2.49. The van der Waals surface area contributed by atoms with Crippen LogP contribution in [-0.2, 0) is 11.2 Å². The zero-order valence-corrected chi connectivity index (χ0v) is 12.2. The van der Waals surface area contributed by atoms with Crippen LogP contribution in [0, 0.1) is 0 Å². The molecule has 1 atom stereocenters. The maximum Gasteiger partial charge on any atom is 0.305 e. The average molecular weight is 330 g/mol. The van der Waals surface area contributed by atoms with Crippen molar-refractivity contribution in [1.82, 2.24) is 0 Å². The van der Waals surface area contributed by atoms with Crippen LogP contribution < -0.4 is 15.2 Å². The van der Waals surface area contributed by atoms with Crippen molar-refractivity contribution in [3.8, 4) is 11.5 Å². The van der Waals surface area contributed by atoms with Gasteiger partial charge in [-0.15, -0.1) is 0 Å². The van der Waals surface area contributed by atoms with E-state index in [1.807, 2.05) is 13.0 Å². The van der Waals surface area contributed by atoms with E-state index in [1.54, 1.807) is 0 Å². The first-order valence-corrected chi connectivity index (χ1v) is 6.92. The number of hydrogen-bond acceptors (Lipinski definition) is 4. The van der Waals surface area contributed by atoms with Crippen LogP contribution >= 0.6 is 15.9 Å². The minimum Gasteiger partial charge on any atom is -0.486 e. The van der Waals surface area contributed by atoms with E-state index in [4.69, 9.17) is 20.3 Å². The first kappa shape index (κ1) is 14.1. The van der Waals surface area contributed by atoms with Gasteiger partial charge in [0.2, 0.25) is 0 Å². The Labute approximate surface area is 119 Å². The molecule has 0 amide bonds. The minimum atomic E-state index is -0.916. The van der Waals surface area contributed by atoms with Crippen LogP contribution in [0.1, 0.15) is 30.5 Å². The second-order valence-electron chi connectivity index (χ2n) is 4.34. The smallest absolute Gasteiger partial charge is 0.305 e. The molecule has 1 aliphatic rings. The maximum atomic E-state index is 10.8. The van der Waals surface area contributed by atoms with Gasteiger partial charge in [0.25, 0.3) is 0 Å². The lowest BCUT2D eigenvalue weighted by molar-refractivity contribution is -0.137. The highest BCUT2D eigenvalue weighted by molar-refractivity contribution is 9.10. The number of fused-ring (bicyclic) bond motifs is 1. The molecule has 0 saturated heterocycles. The third-order valence-electron chi connectivity index (χ3n) is 3.05. The molecule has 1 heterocycles. The van der Waals surface area contributed by atoms with Crippen LogP contribution in [0.3, 0.4) is 0 Å². The zero-order chi connectivity index (χ0) is 14.0. The summed E-state index contributed by atoms with van der Waals surface area (Å²) >= 11 is 3.42. The third-order valence-corrected chi connectivity index (χ3v) is 3.64. The molecule has 0 fully saturated rings. The molecule has 2 rings (SSSR count). The molecule has 1 unspecified atom stereocenters. The topological polar surface area (TPSA) is 81.8 Å². The Morgan fingerprint density at radius 2 is 2.11 bits per heavy atom. The number of rotatable bonds is 4. The van der Waals surface area contributed by atoms with Gasteiger partial charge in [0.1, 0.15) is 13.2 Å². The standard InChI is InChI=1S/C13H16BrNO4/c1-2-7-8(10(15)6-11(16)17)5-9(14)13-12(7)18-3-4-19-13/h5,10H,2-4,6,15H2,1H3,(H,16,17). The number of ether oxygens (including phenoxy) is 2. The number of nitrogens with two attached hydrogens (primary N) is 1. The fourth-order valence-electron chi connectivity index (χ4n) is 2.23. The Morgan fingerprint density at radius 3 is 2.68 bits per heavy atom. The molecule has 0 saturated carbocycles. The number of aliphatic carboxylic acids is 1. The van der Waals surface area contributed by atoms with Crippen LogP contribution in [0.4, 0.5) is 0 Å². The molecule has 6 heteroatoms. The molecule has 0 bridgehead atoms. The quantitative estimate of drug-likeness (QED) is 0.885. The summed E-state index contributed by atoms with van der Waals surface area (Å²) in [6, 6.07) is 1.28. The molecule has 3 N–H and O–H groups in total. The number of carboxylic acid groups (broad SMARTS) is 1. The highest BCUT2D eigenvalue weighted by Crippen LogP contribution is 2.44. The van der Waals surface area contributed by atoms with E-state index in [-0.39, 0.29) is 6.42 Å². The number of carbonyl (C=O) groups is 1. The minimum absolute atomic E-state index is 0.112. The van der Waals surface area contributed by atoms with Crippen molar-refractivity contribution < 1.29 is 19.4 Å². The summed E-state index contributed by atoms with van der Waals surface area (Å²) in [5.74, 6) is 0.439. The number of halogens is 1. The van der Waals surface area contributed by atoms with Gasteiger partial charge >= 0.3 is 5.97 Å².